The second-order valence-electron chi connectivity index (χ2n) is 21.3. The zero-order chi connectivity index (χ0) is 51.9. The number of carbonyl (C=O) groups excluding carboxylic acids is 1. The molecular formula is C58H113NO11S. The number of rotatable bonds is 53. The van der Waals surface area contributed by atoms with E-state index in [9.17, 15) is 38.2 Å². The van der Waals surface area contributed by atoms with Gasteiger partial charge in [0.15, 0.2) is 6.29 Å². The molecule has 0 aromatic carbocycles. The highest BCUT2D eigenvalue weighted by atomic mass is 32.3. The molecule has 1 amide bonds. The Bertz CT molecular complexity index is 1310. The first kappa shape index (κ1) is 67.9. The molecular weight excluding hydrogens is 919 g/mol. The maximum atomic E-state index is 13.2. The monoisotopic (exact) mass is 1030 g/mol. The lowest BCUT2D eigenvalue weighted by Crippen LogP contribution is -2.61. The quantitative estimate of drug-likeness (QED) is 0.0193. The molecule has 0 aliphatic carbocycles. The van der Waals surface area contributed by atoms with Gasteiger partial charge in [0.2, 0.25) is 5.91 Å². The number of carbonyl (C=O) groups is 1. The molecule has 1 heterocycles. The minimum atomic E-state index is -5.08. The molecule has 12 nitrogen and oxygen atoms in total. The SMILES string of the molecule is CCCCCCCCCCCCC/C=C\CCCCCCCCCC(=O)NC(COC1OC(CO)C(O)C(OS(=O)(=O)O)C1O)C(O)CCCCCCCCCCCCCCCCCCCCCCCC. The van der Waals surface area contributed by atoms with Gasteiger partial charge in [0.1, 0.15) is 24.4 Å². The first-order valence-electron chi connectivity index (χ1n) is 30.1. The van der Waals surface area contributed by atoms with Crippen LogP contribution in [0.2, 0.25) is 0 Å². The highest BCUT2D eigenvalue weighted by Crippen LogP contribution is 2.26. The van der Waals surface area contributed by atoms with Crippen LogP contribution < -0.4 is 5.32 Å². The Hall–Kier alpha value is -1.16. The molecule has 1 rings (SSSR count). The number of amides is 1. The summed E-state index contributed by atoms with van der Waals surface area (Å²) in [4.78, 5) is 13.2. The molecule has 7 atom stereocenters. The smallest absolute Gasteiger partial charge is 0.394 e. The maximum Gasteiger partial charge on any atom is 0.397 e. The van der Waals surface area contributed by atoms with Crippen LogP contribution in [0.3, 0.4) is 0 Å². The van der Waals surface area contributed by atoms with E-state index in [4.69, 9.17) is 9.47 Å². The Morgan fingerprint density at radius 3 is 1.27 bits per heavy atom. The minimum Gasteiger partial charge on any atom is -0.394 e. The predicted molar refractivity (Wildman–Crippen MR) is 292 cm³/mol. The zero-order valence-electron chi connectivity index (χ0n) is 45.8. The molecule has 0 bridgehead atoms. The van der Waals surface area contributed by atoms with Gasteiger partial charge in [-0.1, -0.05) is 264 Å². The molecule has 1 aliphatic heterocycles. The summed E-state index contributed by atoms with van der Waals surface area (Å²) in [7, 11) is -5.08. The van der Waals surface area contributed by atoms with E-state index in [1.807, 2.05) is 0 Å². The molecule has 0 aromatic heterocycles. The molecule has 0 aromatic rings. The highest BCUT2D eigenvalue weighted by molar-refractivity contribution is 7.80. The first-order chi connectivity index (χ1) is 34.5. The Kier molecular flexibility index (Phi) is 46.3. The number of hydrogen-bond donors (Lipinski definition) is 6. The van der Waals surface area contributed by atoms with Gasteiger partial charge in [-0.2, -0.15) is 8.42 Å². The number of allylic oxidation sites excluding steroid dienone is 2. The van der Waals surface area contributed by atoms with Crippen LogP contribution in [0.1, 0.15) is 296 Å². The number of hydrogen-bond acceptors (Lipinski definition) is 10. The van der Waals surface area contributed by atoms with Gasteiger partial charge in [-0.15, -0.1) is 0 Å². The zero-order valence-corrected chi connectivity index (χ0v) is 46.6. The summed E-state index contributed by atoms with van der Waals surface area (Å²) < 4.78 is 48.0. The number of ether oxygens (including phenoxy) is 2. The van der Waals surface area contributed by atoms with Crippen molar-refractivity contribution in [3.8, 4) is 0 Å². The van der Waals surface area contributed by atoms with Crippen molar-refractivity contribution in [2.45, 2.75) is 339 Å². The van der Waals surface area contributed by atoms with Crippen molar-refractivity contribution in [2.75, 3.05) is 13.2 Å². The molecule has 13 heteroatoms. The van der Waals surface area contributed by atoms with Gasteiger partial charge in [0.25, 0.3) is 0 Å². The van der Waals surface area contributed by atoms with Crippen LogP contribution in [0.5, 0.6) is 0 Å². The molecule has 422 valence electrons. The van der Waals surface area contributed by atoms with Gasteiger partial charge >= 0.3 is 10.4 Å². The van der Waals surface area contributed by atoms with Crippen LogP contribution in [0.25, 0.3) is 0 Å². The predicted octanol–water partition coefficient (Wildman–Crippen LogP) is 14.2. The van der Waals surface area contributed by atoms with Crippen molar-refractivity contribution in [1.29, 1.82) is 0 Å². The highest BCUT2D eigenvalue weighted by Gasteiger charge is 2.48. The molecule has 6 N–H and O–H groups in total. The maximum absolute atomic E-state index is 13.2. The third-order valence-corrected chi connectivity index (χ3v) is 15.0. The van der Waals surface area contributed by atoms with Crippen LogP contribution in [0, 0.1) is 0 Å². The molecule has 1 fully saturated rings. The third-order valence-electron chi connectivity index (χ3n) is 14.6. The number of nitrogens with one attached hydrogen (secondary N) is 1. The van der Waals surface area contributed by atoms with Crippen molar-refractivity contribution in [2.24, 2.45) is 0 Å². The summed E-state index contributed by atoms with van der Waals surface area (Å²) in [5, 5.41) is 45.2. The Balaban J connectivity index is 2.34. The average molecular weight is 1030 g/mol. The molecule has 1 aliphatic rings. The molecule has 1 saturated heterocycles. The van der Waals surface area contributed by atoms with Gasteiger partial charge in [-0.3, -0.25) is 9.35 Å². The minimum absolute atomic E-state index is 0.229. The van der Waals surface area contributed by atoms with Crippen LogP contribution in [0.15, 0.2) is 12.2 Å². The lowest BCUT2D eigenvalue weighted by atomic mass is 9.99. The summed E-state index contributed by atoms with van der Waals surface area (Å²) in [5.41, 5.74) is 0. The Morgan fingerprint density at radius 1 is 0.549 bits per heavy atom. The molecule has 71 heavy (non-hydrogen) atoms. The van der Waals surface area contributed by atoms with E-state index in [2.05, 4.69) is 35.5 Å². The Labute approximate surface area is 436 Å². The fourth-order valence-corrected chi connectivity index (χ4v) is 10.4. The fraction of sp³-hybridized carbons (Fsp3) is 0.948. The molecule has 0 radical (unpaired) electrons. The second-order valence-corrected chi connectivity index (χ2v) is 22.3. The van der Waals surface area contributed by atoms with Crippen molar-refractivity contribution in [3.05, 3.63) is 12.2 Å². The standard InChI is InChI=1S/C58H113NO11S/c1-3-5-7-9-11-13-15-17-19-21-23-25-27-29-31-33-35-37-39-41-43-45-47-52(61)51(50-68-58-56(64)57(70-71(65,66)67)55(63)53(49-60)69-58)59-54(62)48-46-44-42-40-38-36-34-32-30-28-26-24-22-20-18-16-14-12-10-8-6-4-2/h28,30,51-53,55-58,60-61,63-64H,3-27,29,31-50H2,1-2H3,(H,59,62)(H,65,66,67)/b30-28-. The van der Waals surface area contributed by atoms with Crippen molar-refractivity contribution in [3.63, 3.8) is 0 Å². The summed E-state index contributed by atoms with van der Waals surface area (Å²) in [6.45, 7) is 3.50. The van der Waals surface area contributed by atoms with E-state index in [1.165, 1.54) is 212 Å². The van der Waals surface area contributed by atoms with Gasteiger partial charge in [-0.25, -0.2) is 4.18 Å². The number of aliphatic hydroxyl groups is 4. The summed E-state index contributed by atoms with van der Waals surface area (Å²) in [6, 6.07) is -0.859. The lowest BCUT2D eigenvalue weighted by Gasteiger charge is -2.41. The van der Waals surface area contributed by atoms with Crippen LogP contribution in [-0.4, -0.2) is 95.4 Å². The number of aliphatic hydroxyl groups excluding tert-OH is 4. The largest absolute Gasteiger partial charge is 0.397 e. The van der Waals surface area contributed by atoms with E-state index in [0.29, 0.717) is 12.8 Å². The lowest BCUT2D eigenvalue weighted by molar-refractivity contribution is -0.298. The van der Waals surface area contributed by atoms with Gasteiger partial charge < -0.3 is 35.2 Å². The molecule has 7 unspecified atom stereocenters. The van der Waals surface area contributed by atoms with E-state index in [1.54, 1.807) is 0 Å². The van der Waals surface area contributed by atoms with E-state index in [0.717, 1.165) is 51.4 Å². The normalized spacial score (nSPS) is 19.5. The first-order valence-corrected chi connectivity index (χ1v) is 31.4. The summed E-state index contributed by atoms with van der Waals surface area (Å²) >= 11 is 0. The average Bonchev–Trinajstić information content (AvgIpc) is 3.34. The molecule has 0 saturated carbocycles. The van der Waals surface area contributed by atoms with Crippen molar-refractivity contribution < 1.29 is 51.8 Å². The van der Waals surface area contributed by atoms with Crippen LogP contribution in [-0.2, 0) is 28.9 Å². The fourth-order valence-electron chi connectivity index (χ4n) is 9.93. The van der Waals surface area contributed by atoms with Gasteiger partial charge in [0.05, 0.1) is 25.4 Å². The van der Waals surface area contributed by atoms with E-state index < -0.39 is 59.9 Å². The van der Waals surface area contributed by atoms with Crippen LogP contribution >= 0.6 is 0 Å². The van der Waals surface area contributed by atoms with Crippen molar-refractivity contribution in [1.82, 2.24) is 5.32 Å². The van der Waals surface area contributed by atoms with Crippen molar-refractivity contribution >= 4 is 16.3 Å². The van der Waals surface area contributed by atoms with Gasteiger partial charge in [0, 0.05) is 6.42 Å². The van der Waals surface area contributed by atoms with E-state index >= 15 is 0 Å². The second kappa shape index (κ2) is 48.5. The summed E-state index contributed by atoms with van der Waals surface area (Å²) in [6.07, 6.45) is 49.3. The van der Waals surface area contributed by atoms with Gasteiger partial charge in [-0.05, 0) is 38.5 Å². The number of unbranched alkanes of at least 4 members (excludes halogenated alkanes) is 39. The topological polar surface area (TPSA) is 192 Å². The molecule has 0 spiro atoms. The summed E-state index contributed by atoms with van der Waals surface area (Å²) in [5.74, 6) is -0.229. The third kappa shape index (κ3) is 40.8. The van der Waals surface area contributed by atoms with Crippen LogP contribution in [0.4, 0.5) is 0 Å². The van der Waals surface area contributed by atoms with E-state index in [-0.39, 0.29) is 18.9 Å². The Morgan fingerprint density at radius 2 is 0.901 bits per heavy atom.